The zero-order valence-electron chi connectivity index (χ0n) is 9.58. The second-order valence-electron chi connectivity index (χ2n) is 4.34. The van der Waals surface area contributed by atoms with Gasteiger partial charge in [0.25, 0.3) is 0 Å². The monoisotopic (exact) mass is 230 g/mol. The van der Waals surface area contributed by atoms with Crippen LogP contribution in [0.2, 0.25) is 0 Å². The van der Waals surface area contributed by atoms with Crippen LogP contribution in [-0.2, 0) is 9.53 Å². The number of ether oxygens (including phenoxy) is 1. The topological polar surface area (TPSA) is 87.7 Å². The Labute approximate surface area is 94.3 Å². The summed E-state index contributed by atoms with van der Waals surface area (Å²) < 4.78 is 5.46. The first-order valence-electron chi connectivity index (χ1n) is 5.32. The van der Waals surface area contributed by atoms with Crippen molar-refractivity contribution in [2.75, 3.05) is 13.2 Å². The molecule has 1 saturated heterocycles. The van der Waals surface area contributed by atoms with Gasteiger partial charge in [-0.05, 0) is 20.3 Å². The lowest BCUT2D eigenvalue weighted by atomic mass is 9.99. The molecule has 0 bridgehead atoms. The van der Waals surface area contributed by atoms with Gasteiger partial charge >= 0.3 is 12.0 Å². The predicted octanol–water partition coefficient (Wildman–Crippen LogP) is 0.328. The first-order valence-corrected chi connectivity index (χ1v) is 5.32. The molecule has 1 unspecified atom stereocenters. The van der Waals surface area contributed by atoms with Crippen molar-refractivity contribution in [3.8, 4) is 0 Å². The molecule has 2 amide bonds. The molecule has 6 nitrogen and oxygen atoms in total. The molecule has 16 heavy (non-hydrogen) atoms. The van der Waals surface area contributed by atoms with E-state index in [1.54, 1.807) is 0 Å². The summed E-state index contributed by atoms with van der Waals surface area (Å²) in [5.74, 6) is -0.926. The van der Waals surface area contributed by atoms with Gasteiger partial charge in [0.2, 0.25) is 0 Å². The van der Waals surface area contributed by atoms with Crippen molar-refractivity contribution >= 4 is 12.0 Å². The van der Waals surface area contributed by atoms with Crippen LogP contribution in [-0.4, -0.2) is 41.9 Å². The average Bonchev–Trinajstić information content (AvgIpc) is 2.45. The molecule has 0 aromatic rings. The third-order valence-corrected chi connectivity index (χ3v) is 2.65. The van der Waals surface area contributed by atoms with Crippen molar-refractivity contribution in [1.82, 2.24) is 10.6 Å². The van der Waals surface area contributed by atoms with E-state index in [4.69, 9.17) is 9.84 Å². The van der Waals surface area contributed by atoms with Crippen molar-refractivity contribution < 1.29 is 19.4 Å². The number of carboxylic acids is 1. The Hall–Kier alpha value is -1.30. The Morgan fingerprint density at radius 1 is 1.50 bits per heavy atom. The van der Waals surface area contributed by atoms with Crippen LogP contribution in [0.15, 0.2) is 0 Å². The minimum atomic E-state index is -0.926. The minimum Gasteiger partial charge on any atom is -0.481 e. The van der Waals surface area contributed by atoms with E-state index in [9.17, 15) is 9.59 Å². The van der Waals surface area contributed by atoms with Crippen molar-refractivity contribution in [3.63, 3.8) is 0 Å². The fourth-order valence-corrected chi connectivity index (χ4v) is 1.63. The molecule has 0 aromatic carbocycles. The van der Waals surface area contributed by atoms with E-state index in [-0.39, 0.29) is 30.6 Å². The summed E-state index contributed by atoms with van der Waals surface area (Å²) in [4.78, 5) is 21.6. The van der Waals surface area contributed by atoms with E-state index in [2.05, 4.69) is 10.6 Å². The van der Waals surface area contributed by atoms with E-state index in [0.29, 0.717) is 6.61 Å². The number of amides is 2. The van der Waals surface area contributed by atoms with E-state index < -0.39 is 5.97 Å². The van der Waals surface area contributed by atoms with Crippen LogP contribution < -0.4 is 10.6 Å². The van der Waals surface area contributed by atoms with E-state index in [1.165, 1.54) is 0 Å². The third-order valence-electron chi connectivity index (χ3n) is 2.65. The van der Waals surface area contributed by atoms with Crippen molar-refractivity contribution in [2.45, 2.75) is 38.3 Å². The largest absolute Gasteiger partial charge is 0.481 e. The van der Waals surface area contributed by atoms with Gasteiger partial charge in [-0.25, -0.2) is 4.79 Å². The third kappa shape index (κ3) is 3.69. The number of urea groups is 1. The molecular weight excluding hydrogens is 212 g/mol. The summed E-state index contributed by atoms with van der Waals surface area (Å²) in [6.45, 7) is 4.60. The Balaban J connectivity index is 2.26. The number of carbonyl (C=O) groups excluding carboxylic acids is 1. The maximum Gasteiger partial charge on any atom is 0.315 e. The summed E-state index contributed by atoms with van der Waals surface area (Å²) in [6.07, 6.45) is 0.706. The minimum absolute atomic E-state index is 0.0303. The standard InChI is InChI=1S/C10H18N2O4/c1-10(2)7(4-6-16-10)12-9(15)11-5-3-8(13)14/h7H,3-6H2,1-2H3,(H,13,14)(H2,11,12,15). The number of aliphatic carboxylic acids is 1. The zero-order valence-corrected chi connectivity index (χ0v) is 9.58. The number of carbonyl (C=O) groups is 2. The summed E-state index contributed by atoms with van der Waals surface area (Å²) in [7, 11) is 0. The van der Waals surface area contributed by atoms with Crippen LogP contribution in [0.1, 0.15) is 26.7 Å². The van der Waals surface area contributed by atoms with E-state index in [1.807, 2.05) is 13.8 Å². The van der Waals surface area contributed by atoms with Crippen LogP contribution in [0.4, 0.5) is 4.79 Å². The number of hydrogen-bond donors (Lipinski definition) is 3. The second-order valence-corrected chi connectivity index (χ2v) is 4.34. The van der Waals surface area contributed by atoms with Crippen molar-refractivity contribution in [1.29, 1.82) is 0 Å². The second kappa shape index (κ2) is 5.16. The molecule has 3 N–H and O–H groups in total. The lowest BCUT2D eigenvalue weighted by Gasteiger charge is -2.26. The van der Waals surface area contributed by atoms with Crippen molar-refractivity contribution in [2.24, 2.45) is 0 Å². The molecule has 1 fully saturated rings. The van der Waals surface area contributed by atoms with Crippen LogP contribution >= 0.6 is 0 Å². The summed E-state index contributed by atoms with van der Waals surface area (Å²) in [5.41, 5.74) is -0.357. The zero-order chi connectivity index (χ0) is 12.2. The number of rotatable bonds is 4. The maximum atomic E-state index is 11.4. The smallest absolute Gasteiger partial charge is 0.315 e. The molecule has 92 valence electrons. The van der Waals surface area contributed by atoms with E-state index >= 15 is 0 Å². The van der Waals surface area contributed by atoms with Crippen LogP contribution in [0, 0.1) is 0 Å². The highest BCUT2D eigenvalue weighted by Gasteiger charge is 2.36. The first-order chi connectivity index (χ1) is 7.42. The summed E-state index contributed by atoms with van der Waals surface area (Å²) in [6, 6.07) is -0.373. The van der Waals surface area contributed by atoms with Gasteiger partial charge in [-0.1, -0.05) is 0 Å². The molecule has 1 rings (SSSR count). The van der Waals surface area contributed by atoms with Crippen molar-refractivity contribution in [3.05, 3.63) is 0 Å². The predicted molar refractivity (Wildman–Crippen MR) is 57.2 cm³/mol. The SMILES string of the molecule is CC1(C)OCCC1NC(=O)NCCC(=O)O. The fraction of sp³-hybridized carbons (Fsp3) is 0.800. The lowest BCUT2D eigenvalue weighted by Crippen LogP contribution is -2.50. The van der Waals surface area contributed by atoms with Gasteiger partial charge in [0.05, 0.1) is 18.1 Å². The van der Waals surface area contributed by atoms with Crippen LogP contribution in [0.5, 0.6) is 0 Å². The number of hydrogen-bond acceptors (Lipinski definition) is 3. The highest BCUT2D eigenvalue weighted by Crippen LogP contribution is 2.24. The molecule has 0 radical (unpaired) electrons. The van der Waals surface area contributed by atoms with Gasteiger partial charge in [0, 0.05) is 13.2 Å². The number of carboxylic acid groups (broad SMARTS) is 1. The average molecular weight is 230 g/mol. The first kappa shape index (κ1) is 12.8. The van der Waals surface area contributed by atoms with Gasteiger partial charge < -0.3 is 20.5 Å². The van der Waals surface area contributed by atoms with Crippen LogP contribution in [0.25, 0.3) is 0 Å². The van der Waals surface area contributed by atoms with Gasteiger partial charge in [-0.15, -0.1) is 0 Å². The van der Waals surface area contributed by atoms with Crippen LogP contribution in [0.3, 0.4) is 0 Å². The van der Waals surface area contributed by atoms with Gasteiger partial charge in [0.1, 0.15) is 0 Å². The van der Waals surface area contributed by atoms with E-state index in [0.717, 1.165) is 6.42 Å². The molecular formula is C10H18N2O4. The quantitative estimate of drug-likeness (QED) is 0.649. The lowest BCUT2D eigenvalue weighted by molar-refractivity contribution is -0.136. The Bertz CT molecular complexity index is 278. The highest BCUT2D eigenvalue weighted by atomic mass is 16.5. The molecule has 0 aliphatic carbocycles. The molecule has 0 saturated carbocycles. The maximum absolute atomic E-state index is 11.4. The molecule has 0 spiro atoms. The summed E-state index contributed by atoms with van der Waals surface area (Å²) >= 11 is 0. The highest BCUT2D eigenvalue weighted by molar-refractivity contribution is 5.75. The van der Waals surface area contributed by atoms with Gasteiger partial charge in [-0.2, -0.15) is 0 Å². The van der Waals surface area contributed by atoms with Gasteiger partial charge in [-0.3, -0.25) is 4.79 Å². The Morgan fingerprint density at radius 2 is 2.19 bits per heavy atom. The normalized spacial score (nSPS) is 22.8. The number of nitrogens with one attached hydrogen (secondary N) is 2. The molecule has 1 aliphatic heterocycles. The van der Waals surface area contributed by atoms with Gasteiger partial charge in [0.15, 0.2) is 0 Å². The summed E-state index contributed by atoms with van der Waals surface area (Å²) in [5, 5.41) is 13.7. The fourth-order valence-electron chi connectivity index (χ4n) is 1.63. The molecule has 6 heteroatoms. The molecule has 1 aliphatic rings. The molecule has 1 atom stereocenters. The Morgan fingerprint density at radius 3 is 2.69 bits per heavy atom. The molecule has 0 aromatic heterocycles. The molecule has 1 heterocycles. The Kier molecular flexibility index (Phi) is 4.12.